The smallest absolute Gasteiger partial charge is 0.379 e. The number of aromatic nitrogens is 1. The lowest BCUT2D eigenvalue weighted by atomic mass is 10.0. The van der Waals surface area contributed by atoms with E-state index in [1.807, 2.05) is 0 Å². The third kappa shape index (κ3) is 1.67. The molecule has 2 aromatic rings. The third-order valence-corrected chi connectivity index (χ3v) is 2.55. The topological polar surface area (TPSA) is 36.0 Å². The van der Waals surface area contributed by atoms with E-state index in [2.05, 4.69) is 4.98 Å². The van der Waals surface area contributed by atoms with Gasteiger partial charge in [-0.25, -0.2) is 0 Å². The summed E-state index contributed by atoms with van der Waals surface area (Å²) >= 11 is 0. The molecule has 0 aliphatic heterocycles. The van der Waals surface area contributed by atoms with Crippen LogP contribution >= 0.6 is 0 Å². The summed E-state index contributed by atoms with van der Waals surface area (Å²) in [4.78, 5) is 2.72. The summed E-state index contributed by atoms with van der Waals surface area (Å²) in [7, 11) is 0. The van der Waals surface area contributed by atoms with Crippen molar-refractivity contribution < 1.29 is 18.3 Å². The molecule has 86 valence electrons. The number of halogens is 3. The fraction of sp³-hybridized carbons (Fsp3) is 0.273. The van der Waals surface area contributed by atoms with E-state index in [9.17, 15) is 18.3 Å². The first-order valence-electron chi connectivity index (χ1n) is 4.72. The molecular weight excluding hydrogens is 219 g/mol. The number of fused-ring (bicyclic) bond motifs is 1. The second-order valence-electron chi connectivity index (χ2n) is 3.69. The van der Waals surface area contributed by atoms with Crippen molar-refractivity contribution in [1.29, 1.82) is 0 Å². The fourth-order valence-corrected chi connectivity index (χ4v) is 1.79. The molecule has 1 heterocycles. The van der Waals surface area contributed by atoms with Crippen LogP contribution in [0, 0.1) is 6.92 Å². The average Bonchev–Trinajstić information content (AvgIpc) is 2.60. The van der Waals surface area contributed by atoms with Crippen molar-refractivity contribution in [3.63, 3.8) is 0 Å². The minimum absolute atomic E-state index is 0.124. The number of hydrogen-bond acceptors (Lipinski definition) is 1. The number of aliphatic hydroxyl groups excluding tert-OH is 1. The molecule has 1 atom stereocenters. The van der Waals surface area contributed by atoms with Crippen LogP contribution in [0.3, 0.4) is 0 Å². The van der Waals surface area contributed by atoms with E-state index in [1.54, 1.807) is 25.1 Å². The summed E-state index contributed by atoms with van der Waals surface area (Å²) in [5.74, 6) is 0. The van der Waals surface area contributed by atoms with Gasteiger partial charge in [0, 0.05) is 22.7 Å². The molecule has 5 heteroatoms. The molecule has 16 heavy (non-hydrogen) atoms. The molecule has 0 radical (unpaired) electrons. The first kappa shape index (κ1) is 11.0. The van der Waals surface area contributed by atoms with Crippen molar-refractivity contribution in [3.05, 3.63) is 35.5 Å². The average molecular weight is 229 g/mol. The highest BCUT2D eigenvalue weighted by atomic mass is 19.4. The summed E-state index contributed by atoms with van der Waals surface area (Å²) < 4.78 is 37.2. The van der Waals surface area contributed by atoms with Gasteiger partial charge in [0.15, 0.2) is 6.10 Å². The van der Waals surface area contributed by atoms with Gasteiger partial charge < -0.3 is 10.1 Å². The standard InChI is InChI=1S/C11H10F3NO/c1-6-3-2-4-8-9(6)7(5-15-8)10(16)11(12,13)14/h2-5,10,15-16H,1H3/t10-/m1/s1. The highest BCUT2D eigenvalue weighted by Gasteiger charge is 2.40. The lowest BCUT2D eigenvalue weighted by Gasteiger charge is -2.14. The van der Waals surface area contributed by atoms with Crippen LogP contribution in [0.4, 0.5) is 13.2 Å². The number of aliphatic hydroxyl groups is 1. The molecule has 0 aliphatic carbocycles. The van der Waals surface area contributed by atoms with Gasteiger partial charge >= 0.3 is 6.18 Å². The van der Waals surface area contributed by atoms with Gasteiger partial charge in [-0.15, -0.1) is 0 Å². The van der Waals surface area contributed by atoms with Gasteiger partial charge in [0.25, 0.3) is 0 Å². The predicted molar refractivity (Wildman–Crippen MR) is 54.1 cm³/mol. The summed E-state index contributed by atoms with van der Waals surface area (Å²) in [5, 5.41) is 9.66. The Kier molecular flexibility index (Phi) is 2.42. The van der Waals surface area contributed by atoms with Gasteiger partial charge in [-0.2, -0.15) is 13.2 Å². The zero-order chi connectivity index (χ0) is 11.9. The maximum atomic E-state index is 12.4. The van der Waals surface area contributed by atoms with E-state index in [-0.39, 0.29) is 5.56 Å². The maximum Gasteiger partial charge on any atom is 0.418 e. The number of rotatable bonds is 1. The second-order valence-corrected chi connectivity index (χ2v) is 3.69. The Morgan fingerprint density at radius 2 is 2.00 bits per heavy atom. The molecule has 0 fully saturated rings. The molecule has 2 nitrogen and oxygen atoms in total. The third-order valence-electron chi connectivity index (χ3n) is 2.55. The van der Waals surface area contributed by atoms with E-state index in [0.717, 1.165) is 0 Å². The van der Waals surface area contributed by atoms with E-state index in [1.165, 1.54) is 6.20 Å². The molecule has 0 bridgehead atoms. The molecule has 0 saturated heterocycles. The Balaban J connectivity index is 2.62. The molecule has 0 aliphatic rings. The van der Waals surface area contributed by atoms with Crippen LogP contribution in [0.25, 0.3) is 10.9 Å². The first-order chi connectivity index (χ1) is 7.41. The van der Waals surface area contributed by atoms with Crippen LogP contribution in [-0.4, -0.2) is 16.3 Å². The number of hydrogen-bond donors (Lipinski definition) is 2. The van der Waals surface area contributed by atoms with Crippen molar-refractivity contribution in [2.75, 3.05) is 0 Å². The summed E-state index contributed by atoms with van der Waals surface area (Å²) in [6.45, 7) is 1.71. The van der Waals surface area contributed by atoms with Gasteiger partial charge in [0.05, 0.1) is 0 Å². The monoisotopic (exact) mass is 229 g/mol. The summed E-state index contributed by atoms with van der Waals surface area (Å²) in [5.41, 5.74) is 1.18. The normalized spacial score (nSPS) is 14.3. The second kappa shape index (κ2) is 3.52. The minimum Gasteiger partial charge on any atom is -0.379 e. The van der Waals surface area contributed by atoms with Gasteiger partial charge in [-0.1, -0.05) is 12.1 Å². The Hall–Kier alpha value is -1.49. The van der Waals surface area contributed by atoms with E-state index in [0.29, 0.717) is 16.5 Å². The van der Waals surface area contributed by atoms with Crippen molar-refractivity contribution in [2.45, 2.75) is 19.2 Å². The molecule has 2 rings (SSSR count). The highest BCUT2D eigenvalue weighted by molar-refractivity contribution is 5.86. The molecular formula is C11H10F3NO. The lowest BCUT2D eigenvalue weighted by molar-refractivity contribution is -0.206. The molecule has 1 aromatic heterocycles. The number of H-pyrrole nitrogens is 1. The zero-order valence-corrected chi connectivity index (χ0v) is 8.47. The maximum absolute atomic E-state index is 12.4. The van der Waals surface area contributed by atoms with E-state index in [4.69, 9.17) is 0 Å². The van der Waals surface area contributed by atoms with Crippen LogP contribution in [-0.2, 0) is 0 Å². The van der Waals surface area contributed by atoms with Gasteiger partial charge in [0.2, 0.25) is 0 Å². The van der Waals surface area contributed by atoms with Gasteiger partial charge in [-0.05, 0) is 18.6 Å². The molecule has 0 unspecified atom stereocenters. The first-order valence-corrected chi connectivity index (χ1v) is 4.72. The molecule has 0 spiro atoms. The molecule has 1 aromatic carbocycles. The van der Waals surface area contributed by atoms with Crippen LogP contribution in [0.15, 0.2) is 24.4 Å². The number of aryl methyl sites for hydroxylation is 1. The van der Waals surface area contributed by atoms with E-state index < -0.39 is 12.3 Å². The van der Waals surface area contributed by atoms with Crippen molar-refractivity contribution in [2.24, 2.45) is 0 Å². The largest absolute Gasteiger partial charge is 0.418 e. The molecule has 0 saturated carbocycles. The number of alkyl halides is 3. The van der Waals surface area contributed by atoms with Gasteiger partial charge in [-0.3, -0.25) is 0 Å². The van der Waals surface area contributed by atoms with Crippen LogP contribution in [0.2, 0.25) is 0 Å². The SMILES string of the molecule is Cc1cccc2[nH]cc([C@@H](O)C(F)(F)F)c12. The Morgan fingerprint density at radius 3 is 2.62 bits per heavy atom. The summed E-state index contributed by atoms with van der Waals surface area (Å²) in [6.07, 6.45) is -5.88. The fourth-order valence-electron chi connectivity index (χ4n) is 1.79. The molecule has 2 N–H and O–H groups in total. The number of benzene rings is 1. The Bertz CT molecular complexity index is 515. The number of aromatic amines is 1. The molecule has 0 amide bonds. The Labute approximate surface area is 89.7 Å². The van der Waals surface area contributed by atoms with Gasteiger partial charge in [0.1, 0.15) is 0 Å². The van der Waals surface area contributed by atoms with Crippen LogP contribution in [0.1, 0.15) is 17.2 Å². The predicted octanol–water partition coefficient (Wildman–Crippen LogP) is 3.07. The minimum atomic E-state index is -4.64. The van der Waals surface area contributed by atoms with Crippen molar-refractivity contribution >= 4 is 10.9 Å². The van der Waals surface area contributed by atoms with Crippen LogP contribution < -0.4 is 0 Å². The van der Waals surface area contributed by atoms with Crippen LogP contribution in [0.5, 0.6) is 0 Å². The lowest BCUT2D eigenvalue weighted by Crippen LogP contribution is -2.19. The quantitative estimate of drug-likeness (QED) is 0.774. The van der Waals surface area contributed by atoms with Crippen molar-refractivity contribution in [3.8, 4) is 0 Å². The van der Waals surface area contributed by atoms with E-state index >= 15 is 0 Å². The van der Waals surface area contributed by atoms with Crippen molar-refractivity contribution in [1.82, 2.24) is 4.98 Å². The summed E-state index contributed by atoms with van der Waals surface area (Å²) in [6, 6.07) is 5.13. The Morgan fingerprint density at radius 1 is 1.31 bits per heavy atom. The zero-order valence-electron chi connectivity index (χ0n) is 8.47. The highest BCUT2D eigenvalue weighted by Crippen LogP contribution is 2.36. The number of nitrogens with one attached hydrogen (secondary N) is 1.